The van der Waals surface area contributed by atoms with E-state index in [1.165, 1.54) is 29.7 Å². The highest BCUT2D eigenvalue weighted by atomic mass is 32.2. The van der Waals surface area contributed by atoms with Gasteiger partial charge in [-0.25, -0.2) is 14.8 Å². The van der Waals surface area contributed by atoms with Gasteiger partial charge in [-0.15, -0.1) is 0 Å². The van der Waals surface area contributed by atoms with Crippen LogP contribution in [0.2, 0.25) is 0 Å². The van der Waals surface area contributed by atoms with Crippen molar-refractivity contribution in [3.8, 4) is 0 Å². The maximum Gasteiger partial charge on any atom is 0.332 e. The monoisotopic (exact) mass is 399 g/mol. The fraction of sp³-hybridized carbons (Fsp3) is 0.316. The van der Waals surface area contributed by atoms with Crippen LogP contribution in [0.4, 0.5) is 5.82 Å². The van der Waals surface area contributed by atoms with E-state index in [0.29, 0.717) is 11.6 Å². The highest BCUT2D eigenvalue weighted by Crippen LogP contribution is 2.25. The number of ketones is 1. The summed E-state index contributed by atoms with van der Waals surface area (Å²) in [6.45, 7) is 4.17. The Balaban J connectivity index is 1.95. The van der Waals surface area contributed by atoms with Crippen LogP contribution in [-0.4, -0.2) is 30.6 Å². The molecule has 0 atom stereocenters. The summed E-state index contributed by atoms with van der Waals surface area (Å²) in [6, 6.07) is 7.47. The van der Waals surface area contributed by atoms with E-state index in [1.807, 2.05) is 38.1 Å². The molecule has 2 N–H and O–H groups in total. The van der Waals surface area contributed by atoms with Gasteiger partial charge in [0.2, 0.25) is 0 Å². The highest BCUT2D eigenvalue weighted by molar-refractivity contribution is 8.00. The third-order valence-corrected chi connectivity index (χ3v) is 5.26. The number of Topliss-reactive ketones (excluding diaryl/α,β-unsaturated/α-hetero) is 1. The summed E-state index contributed by atoms with van der Waals surface area (Å²) < 4.78 is 2.21. The van der Waals surface area contributed by atoms with E-state index in [-0.39, 0.29) is 23.1 Å². The zero-order chi connectivity index (χ0) is 20.4. The maximum absolute atomic E-state index is 12.8. The number of nitrogens with two attached hydrogens (primary N) is 1. The van der Waals surface area contributed by atoms with E-state index < -0.39 is 17.0 Å². The molecule has 3 rings (SSSR count). The molecule has 8 nitrogen and oxygen atoms in total. The first-order chi connectivity index (χ1) is 13.3. The van der Waals surface area contributed by atoms with Crippen LogP contribution in [0.5, 0.6) is 0 Å². The number of hydrogen-bond acceptors (Lipinski definition) is 7. The van der Waals surface area contributed by atoms with E-state index in [1.54, 1.807) is 0 Å². The summed E-state index contributed by atoms with van der Waals surface area (Å²) in [6.07, 6.45) is 1.44. The lowest BCUT2D eigenvalue weighted by Gasteiger charge is -2.16. The number of hydrogen-bond donors (Lipinski definition) is 1. The average Bonchev–Trinajstić information content (AvgIpc) is 2.68. The normalized spacial score (nSPS) is 11.3. The fourth-order valence-electron chi connectivity index (χ4n) is 2.89. The Morgan fingerprint density at radius 2 is 1.93 bits per heavy atom. The highest BCUT2D eigenvalue weighted by Gasteiger charge is 2.22. The SMILES string of the molecule is CC(C)Cn1c(N)c(C(=O)CSc2ncnc3ccccc23)c(=O)n(C)c1=O. The summed E-state index contributed by atoms with van der Waals surface area (Å²) in [4.78, 5) is 46.1. The molecule has 2 aromatic heterocycles. The van der Waals surface area contributed by atoms with Gasteiger partial charge in [-0.05, 0) is 12.0 Å². The number of carbonyl (C=O) groups is 1. The second-order valence-corrected chi connectivity index (χ2v) is 7.78. The smallest absolute Gasteiger partial charge is 0.332 e. The number of rotatable bonds is 6. The molecule has 0 aliphatic heterocycles. The van der Waals surface area contributed by atoms with Gasteiger partial charge in [-0.3, -0.25) is 18.7 Å². The van der Waals surface area contributed by atoms with E-state index >= 15 is 0 Å². The van der Waals surface area contributed by atoms with E-state index in [0.717, 1.165) is 15.5 Å². The molecule has 2 heterocycles. The first kappa shape index (κ1) is 19.8. The van der Waals surface area contributed by atoms with Crippen molar-refractivity contribution in [3.05, 3.63) is 57.0 Å². The van der Waals surface area contributed by atoms with Crippen LogP contribution in [-0.2, 0) is 13.6 Å². The molecule has 0 aliphatic carbocycles. The summed E-state index contributed by atoms with van der Waals surface area (Å²) >= 11 is 1.21. The first-order valence-corrected chi connectivity index (χ1v) is 9.74. The molecule has 0 spiro atoms. The first-order valence-electron chi connectivity index (χ1n) is 8.76. The van der Waals surface area contributed by atoms with Crippen LogP contribution in [0.1, 0.15) is 24.2 Å². The van der Waals surface area contributed by atoms with Crippen molar-refractivity contribution in [3.63, 3.8) is 0 Å². The fourth-order valence-corrected chi connectivity index (χ4v) is 3.75. The summed E-state index contributed by atoms with van der Waals surface area (Å²) in [5.41, 5.74) is 5.46. The van der Waals surface area contributed by atoms with Gasteiger partial charge in [-0.1, -0.05) is 43.8 Å². The molecule has 0 radical (unpaired) electrons. The summed E-state index contributed by atoms with van der Waals surface area (Å²) in [5.74, 6) is -0.425. The predicted molar refractivity (Wildman–Crippen MR) is 110 cm³/mol. The van der Waals surface area contributed by atoms with Gasteiger partial charge in [0.1, 0.15) is 22.7 Å². The topological polar surface area (TPSA) is 113 Å². The van der Waals surface area contributed by atoms with Crippen LogP contribution in [0.25, 0.3) is 10.9 Å². The number of anilines is 1. The zero-order valence-electron chi connectivity index (χ0n) is 15.9. The second kappa shape index (κ2) is 7.97. The number of para-hydroxylation sites is 1. The van der Waals surface area contributed by atoms with E-state index in [2.05, 4.69) is 9.97 Å². The minimum atomic E-state index is -0.680. The number of fused-ring (bicyclic) bond motifs is 1. The molecule has 0 saturated carbocycles. The van der Waals surface area contributed by atoms with Crippen molar-refractivity contribution in [1.82, 2.24) is 19.1 Å². The number of nitrogens with zero attached hydrogens (tertiary/aromatic N) is 4. The molecule has 3 aromatic rings. The average molecular weight is 399 g/mol. The molecule has 146 valence electrons. The van der Waals surface area contributed by atoms with Gasteiger partial charge in [0.05, 0.1) is 11.3 Å². The third-order valence-electron chi connectivity index (χ3n) is 4.26. The quantitative estimate of drug-likeness (QED) is 0.381. The number of aromatic nitrogens is 4. The predicted octanol–water partition coefficient (Wildman–Crippen LogP) is 1.70. The molecule has 1 aromatic carbocycles. The third kappa shape index (κ3) is 3.70. The molecule has 28 heavy (non-hydrogen) atoms. The Kier molecular flexibility index (Phi) is 5.64. The Bertz CT molecular complexity index is 1160. The van der Waals surface area contributed by atoms with Gasteiger partial charge in [0.25, 0.3) is 5.56 Å². The van der Waals surface area contributed by atoms with Crippen molar-refractivity contribution in [2.24, 2.45) is 13.0 Å². The van der Waals surface area contributed by atoms with Crippen molar-refractivity contribution in [2.45, 2.75) is 25.4 Å². The molecule has 0 unspecified atom stereocenters. The minimum absolute atomic E-state index is 0.0275. The lowest BCUT2D eigenvalue weighted by Crippen LogP contribution is -2.43. The Morgan fingerprint density at radius 1 is 1.21 bits per heavy atom. The number of thioether (sulfide) groups is 1. The standard InChI is InChI=1S/C19H21N5O3S/c1-11(2)8-24-16(20)15(18(26)23(3)19(24)27)14(25)9-28-17-12-6-4-5-7-13(12)21-10-22-17/h4-7,10-11H,8-9,20H2,1-3H3. The maximum atomic E-state index is 12.8. The van der Waals surface area contributed by atoms with E-state index in [9.17, 15) is 14.4 Å². The molecule has 0 amide bonds. The number of carbonyl (C=O) groups excluding carboxylic acids is 1. The van der Waals surface area contributed by atoms with Gasteiger partial charge in [-0.2, -0.15) is 0 Å². The Hall–Kier alpha value is -2.94. The largest absolute Gasteiger partial charge is 0.384 e. The molecule has 0 fully saturated rings. The summed E-state index contributed by atoms with van der Waals surface area (Å²) in [7, 11) is 1.35. The molecule has 0 saturated heterocycles. The lowest BCUT2D eigenvalue weighted by atomic mass is 10.2. The second-order valence-electron chi connectivity index (χ2n) is 6.82. The Labute approximate surface area is 165 Å². The minimum Gasteiger partial charge on any atom is -0.384 e. The van der Waals surface area contributed by atoms with Crippen molar-refractivity contribution in [1.29, 1.82) is 0 Å². The number of benzene rings is 1. The zero-order valence-corrected chi connectivity index (χ0v) is 16.7. The van der Waals surface area contributed by atoms with Crippen molar-refractivity contribution < 1.29 is 4.79 Å². The van der Waals surface area contributed by atoms with Crippen LogP contribution in [0.15, 0.2) is 45.2 Å². The van der Waals surface area contributed by atoms with Gasteiger partial charge in [0, 0.05) is 19.0 Å². The van der Waals surface area contributed by atoms with Gasteiger partial charge in [0.15, 0.2) is 5.78 Å². The van der Waals surface area contributed by atoms with Crippen LogP contribution < -0.4 is 17.0 Å². The molecule has 9 heteroatoms. The number of nitrogen functional groups attached to an aromatic ring is 1. The van der Waals surface area contributed by atoms with Crippen LogP contribution in [0.3, 0.4) is 0 Å². The van der Waals surface area contributed by atoms with Crippen LogP contribution in [0, 0.1) is 5.92 Å². The molecular formula is C19H21N5O3S. The van der Waals surface area contributed by atoms with E-state index in [4.69, 9.17) is 5.73 Å². The molecular weight excluding hydrogens is 378 g/mol. The van der Waals surface area contributed by atoms with Gasteiger partial charge >= 0.3 is 5.69 Å². The molecule has 0 aliphatic rings. The molecule has 0 bridgehead atoms. The van der Waals surface area contributed by atoms with Crippen LogP contribution >= 0.6 is 11.8 Å². The Morgan fingerprint density at radius 3 is 2.64 bits per heavy atom. The van der Waals surface area contributed by atoms with Gasteiger partial charge < -0.3 is 5.73 Å². The summed E-state index contributed by atoms with van der Waals surface area (Å²) in [5, 5.41) is 1.47. The van der Waals surface area contributed by atoms with Crippen molar-refractivity contribution >= 4 is 34.3 Å². The van der Waals surface area contributed by atoms with Crippen molar-refractivity contribution in [2.75, 3.05) is 11.5 Å². The lowest BCUT2D eigenvalue weighted by molar-refractivity contribution is 0.102.